The van der Waals surface area contributed by atoms with Crippen LogP contribution in [-0.2, 0) is 0 Å². The standard InChI is InChI=1S/C14H20F2N2S/c1-2-8-17-13-11(15)9-12(16)14(18-13)19-10-6-4-3-5-7-10/h9-10H,2-8H2,1H3,(H,17,18). The van der Waals surface area contributed by atoms with E-state index in [4.69, 9.17) is 0 Å². The lowest BCUT2D eigenvalue weighted by Gasteiger charge is -2.21. The molecule has 5 heteroatoms. The molecule has 1 aromatic rings. The third-order valence-corrected chi connectivity index (χ3v) is 4.58. The van der Waals surface area contributed by atoms with Crippen molar-refractivity contribution in [1.82, 2.24) is 4.98 Å². The van der Waals surface area contributed by atoms with Crippen LogP contribution in [0.1, 0.15) is 45.4 Å². The molecule has 0 radical (unpaired) electrons. The Balaban J connectivity index is 2.09. The van der Waals surface area contributed by atoms with Gasteiger partial charge in [0.05, 0.1) is 0 Å². The molecule has 0 amide bonds. The maximum absolute atomic E-state index is 13.8. The third-order valence-electron chi connectivity index (χ3n) is 3.27. The molecule has 1 aliphatic carbocycles. The molecule has 1 heterocycles. The second-order valence-electron chi connectivity index (χ2n) is 4.91. The van der Waals surface area contributed by atoms with Gasteiger partial charge in [-0.2, -0.15) is 0 Å². The molecule has 0 saturated heterocycles. The van der Waals surface area contributed by atoms with Crippen LogP contribution in [0.4, 0.5) is 14.6 Å². The Morgan fingerprint density at radius 2 is 2.00 bits per heavy atom. The van der Waals surface area contributed by atoms with Crippen molar-refractivity contribution in [1.29, 1.82) is 0 Å². The van der Waals surface area contributed by atoms with E-state index in [1.807, 2.05) is 6.92 Å². The van der Waals surface area contributed by atoms with Gasteiger partial charge in [-0.1, -0.05) is 37.9 Å². The Bertz CT molecular complexity index is 420. The fourth-order valence-corrected chi connectivity index (χ4v) is 3.44. The van der Waals surface area contributed by atoms with Crippen LogP contribution in [0.25, 0.3) is 0 Å². The molecule has 2 nitrogen and oxygen atoms in total. The molecule has 2 rings (SSSR count). The monoisotopic (exact) mass is 286 g/mol. The van der Waals surface area contributed by atoms with Gasteiger partial charge in [0.2, 0.25) is 0 Å². The number of rotatable bonds is 5. The largest absolute Gasteiger partial charge is 0.368 e. The minimum absolute atomic E-state index is 0.168. The molecule has 106 valence electrons. The zero-order valence-electron chi connectivity index (χ0n) is 11.2. The first kappa shape index (κ1) is 14.6. The Labute approximate surface area is 117 Å². The molecule has 19 heavy (non-hydrogen) atoms. The minimum Gasteiger partial charge on any atom is -0.368 e. The summed E-state index contributed by atoms with van der Waals surface area (Å²) in [4.78, 5) is 4.11. The van der Waals surface area contributed by atoms with Crippen molar-refractivity contribution < 1.29 is 8.78 Å². The van der Waals surface area contributed by atoms with Gasteiger partial charge in [0.15, 0.2) is 17.5 Å². The molecule has 1 aromatic heterocycles. The van der Waals surface area contributed by atoms with E-state index in [9.17, 15) is 8.78 Å². The van der Waals surface area contributed by atoms with Crippen LogP contribution in [0, 0.1) is 11.6 Å². The van der Waals surface area contributed by atoms with Crippen LogP contribution in [0.15, 0.2) is 11.1 Å². The van der Waals surface area contributed by atoms with Gasteiger partial charge in [-0.3, -0.25) is 0 Å². The highest BCUT2D eigenvalue weighted by Gasteiger charge is 2.19. The Hall–Kier alpha value is -0.840. The summed E-state index contributed by atoms with van der Waals surface area (Å²) in [6.45, 7) is 2.63. The van der Waals surface area contributed by atoms with Gasteiger partial charge < -0.3 is 5.32 Å². The van der Waals surface area contributed by atoms with E-state index in [0.717, 1.165) is 25.3 Å². The Morgan fingerprint density at radius 3 is 2.68 bits per heavy atom. The normalized spacial score (nSPS) is 16.6. The number of nitrogens with one attached hydrogen (secondary N) is 1. The van der Waals surface area contributed by atoms with Crippen LogP contribution < -0.4 is 5.32 Å². The summed E-state index contributed by atoms with van der Waals surface area (Å²) in [6.07, 6.45) is 6.73. The van der Waals surface area contributed by atoms with E-state index in [1.165, 1.54) is 31.0 Å². The molecule has 0 atom stereocenters. The molecule has 0 bridgehead atoms. The molecule has 1 saturated carbocycles. The molecular weight excluding hydrogens is 266 g/mol. The van der Waals surface area contributed by atoms with Gasteiger partial charge in [-0.15, -0.1) is 0 Å². The van der Waals surface area contributed by atoms with E-state index in [-0.39, 0.29) is 5.82 Å². The molecule has 0 aliphatic heterocycles. The number of nitrogens with zero attached hydrogens (tertiary/aromatic N) is 1. The number of anilines is 1. The summed E-state index contributed by atoms with van der Waals surface area (Å²) in [7, 11) is 0. The second-order valence-corrected chi connectivity index (χ2v) is 6.20. The summed E-state index contributed by atoms with van der Waals surface area (Å²) in [5.74, 6) is -0.990. The third kappa shape index (κ3) is 4.06. The first-order valence-corrected chi connectivity index (χ1v) is 7.85. The van der Waals surface area contributed by atoms with Crippen LogP contribution in [0.5, 0.6) is 0 Å². The number of hydrogen-bond acceptors (Lipinski definition) is 3. The quantitative estimate of drug-likeness (QED) is 0.856. The number of aromatic nitrogens is 1. The van der Waals surface area contributed by atoms with Crippen molar-refractivity contribution in [3.05, 3.63) is 17.7 Å². The fourth-order valence-electron chi connectivity index (χ4n) is 2.24. The summed E-state index contributed by atoms with van der Waals surface area (Å²) in [5.41, 5.74) is 0. The molecule has 1 fully saturated rings. The van der Waals surface area contributed by atoms with Gasteiger partial charge in [0.25, 0.3) is 0 Å². The summed E-state index contributed by atoms with van der Waals surface area (Å²) < 4.78 is 27.3. The van der Waals surface area contributed by atoms with Crippen molar-refractivity contribution in [2.24, 2.45) is 0 Å². The highest BCUT2D eigenvalue weighted by Crippen LogP contribution is 2.34. The van der Waals surface area contributed by atoms with Crippen LogP contribution in [0.3, 0.4) is 0 Å². The second kappa shape index (κ2) is 7.08. The van der Waals surface area contributed by atoms with Gasteiger partial charge in [0, 0.05) is 17.9 Å². The van der Waals surface area contributed by atoms with Crippen LogP contribution >= 0.6 is 11.8 Å². The lowest BCUT2D eigenvalue weighted by Crippen LogP contribution is -2.10. The first-order chi connectivity index (χ1) is 9.20. The van der Waals surface area contributed by atoms with E-state index < -0.39 is 11.6 Å². The summed E-state index contributed by atoms with van der Waals surface area (Å²) in [5, 5.41) is 3.64. The smallest absolute Gasteiger partial charge is 0.168 e. The predicted octanol–water partition coefficient (Wildman–Crippen LogP) is 4.61. The number of halogens is 2. The summed E-state index contributed by atoms with van der Waals surface area (Å²) in [6, 6.07) is 0.941. The maximum atomic E-state index is 13.8. The number of hydrogen-bond donors (Lipinski definition) is 1. The van der Waals surface area contributed by atoms with Gasteiger partial charge in [-0.05, 0) is 19.3 Å². The molecular formula is C14H20F2N2S. The zero-order valence-corrected chi connectivity index (χ0v) is 12.0. The number of pyridine rings is 1. The average Bonchev–Trinajstić information content (AvgIpc) is 2.42. The lowest BCUT2D eigenvalue weighted by atomic mass is 10.0. The van der Waals surface area contributed by atoms with Gasteiger partial charge in [-0.25, -0.2) is 13.8 Å². The minimum atomic E-state index is -0.612. The molecule has 0 spiro atoms. The van der Waals surface area contributed by atoms with Crippen molar-refractivity contribution in [2.75, 3.05) is 11.9 Å². The highest BCUT2D eigenvalue weighted by atomic mass is 32.2. The highest BCUT2D eigenvalue weighted by molar-refractivity contribution is 7.99. The van der Waals surface area contributed by atoms with E-state index >= 15 is 0 Å². The average molecular weight is 286 g/mol. The first-order valence-electron chi connectivity index (χ1n) is 6.97. The van der Waals surface area contributed by atoms with Gasteiger partial charge >= 0.3 is 0 Å². The van der Waals surface area contributed by atoms with E-state index in [0.29, 0.717) is 16.8 Å². The lowest BCUT2D eigenvalue weighted by molar-refractivity contribution is 0.512. The fraction of sp³-hybridized carbons (Fsp3) is 0.643. The SMILES string of the molecule is CCCNc1nc(SC2CCCCC2)c(F)cc1F. The maximum Gasteiger partial charge on any atom is 0.168 e. The zero-order chi connectivity index (χ0) is 13.7. The van der Waals surface area contributed by atoms with Crippen LogP contribution in [-0.4, -0.2) is 16.8 Å². The topological polar surface area (TPSA) is 24.9 Å². The molecule has 0 unspecified atom stereocenters. The van der Waals surface area contributed by atoms with Crippen LogP contribution in [0.2, 0.25) is 0 Å². The Kier molecular flexibility index (Phi) is 5.43. The summed E-state index contributed by atoms with van der Waals surface area (Å²) >= 11 is 1.45. The van der Waals surface area contributed by atoms with Crippen molar-refractivity contribution in [3.63, 3.8) is 0 Å². The van der Waals surface area contributed by atoms with Crippen molar-refractivity contribution in [2.45, 2.75) is 55.7 Å². The van der Waals surface area contributed by atoms with Gasteiger partial charge in [0.1, 0.15) is 5.03 Å². The Morgan fingerprint density at radius 1 is 1.26 bits per heavy atom. The molecule has 1 aliphatic rings. The van der Waals surface area contributed by atoms with E-state index in [2.05, 4.69) is 10.3 Å². The number of thioether (sulfide) groups is 1. The van der Waals surface area contributed by atoms with Crippen molar-refractivity contribution in [3.8, 4) is 0 Å². The van der Waals surface area contributed by atoms with Crippen molar-refractivity contribution >= 4 is 17.6 Å². The molecule has 1 N–H and O–H groups in total. The van der Waals surface area contributed by atoms with E-state index in [1.54, 1.807) is 0 Å². The molecule has 0 aromatic carbocycles. The predicted molar refractivity (Wildman–Crippen MR) is 75.7 cm³/mol.